The number of pyridine rings is 1. The van der Waals surface area contributed by atoms with Crippen molar-refractivity contribution in [1.29, 1.82) is 0 Å². The van der Waals surface area contributed by atoms with E-state index in [0.29, 0.717) is 5.82 Å². The average Bonchev–Trinajstić information content (AvgIpc) is 2.32. The molecule has 0 aromatic carbocycles. The smallest absolute Gasteiger partial charge is 0.206 e. The Morgan fingerprint density at radius 2 is 2.31 bits per heavy atom. The van der Waals surface area contributed by atoms with E-state index >= 15 is 0 Å². The van der Waals surface area contributed by atoms with Crippen LogP contribution in [-0.4, -0.2) is 23.5 Å². The third-order valence-electron chi connectivity index (χ3n) is 1.93. The summed E-state index contributed by atoms with van der Waals surface area (Å²) in [5.74, 6) is 0.685. The molecule has 2 rings (SSSR count). The summed E-state index contributed by atoms with van der Waals surface area (Å²) in [6, 6.07) is 1.90. The van der Waals surface area contributed by atoms with Crippen LogP contribution in [0.2, 0.25) is 0 Å². The van der Waals surface area contributed by atoms with Crippen molar-refractivity contribution in [2.45, 2.75) is 6.35 Å². The molecule has 1 aromatic heterocycles. The molecule has 0 fully saturated rings. The average molecular weight is 309 g/mol. The molecule has 4 nitrogen and oxygen atoms in total. The molecule has 13 heavy (non-hydrogen) atoms. The first-order valence-corrected chi connectivity index (χ1v) is 5.21. The molecule has 6 heteroatoms. The number of fused-ring (bicyclic) bond motifs is 1. The molecule has 2 N–H and O–H groups in total. The summed E-state index contributed by atoms with van der Waals surface area (Å²) < 4.78 is 1.59. The van der Waals surface area contributed by atoms with Gasteiger partial charge in [0.25, 0.3) is 0 Å². The van der Waals surface area contributed by atoms with E-state index in [1.54, 1.807) is 11.9 Å². The monoisotopic (exact) mass is 307 g/mol. The lowest BCUT2D eigenvalue weighted by Crippen LogP contribution is -2.31. The fourth-order valence-electron chi connectivity index (χ4n) is 1.18. The van der Waals surface area contributed by atoms with Gasteiger partial charge in [-0.2, -0.15) is 0 Å². The van der Waals surface area contributed by atoms with Crippen molar-refractivity contribution in [2.75, 3.05) is 17.3 Å². The topological polar surface area (TPSA) is 48.4 Å². The van der Waals surface area contributed by atoms with E-state index in [1.807, 2.05) is 6.07 Å². The van der Waals surface area contributed by atoms with Crippen molar-refractivity contribution in [3.63, 3.8) is 0 Å². The minimum absolute atomic E-state index is 0.685. The second-order valence-electron chi connectivity index (χ2n) is 2.76. The minimum Gasteiger partial charge on any atom is -0.356 e. The number of hydrogen-bond donors (Lipinski definition) is 2. The summed E-state index contributed by atoms with van der Waals surface area (Å²) in [7, 11) is 1.80. The molecule has 2 heterocycles. The van der Waals surface area contributed by atoms with Crippen LogP contribution in [0.1, 0.15) is 0 Å². The van der Waals surface area contributed by atoms with E-state index < -0.39 is 6.35 Å². The Morgan fingerprint density at radius 3 is 3.00 bits per heavy atom. The molecule has 0 amide bonds. The molecule has 70 valence electrons. The molecule has 0 bridgehead atoms. The van der Waals surface area contributed by atoms with Crippen LogP contribution in [0.3, 0.4) is 0 Å². The molecular formula is C7H7Br2N3O. The summed E-state index contributed by atoms with van der Waals surface area (Å²) in [5, 5.41) is 12.3. The van der Waals surface area contributed by atoms with Gasteiger partial charge in [-0.25, -0.2) is 4.98 Å². The van der Waals surface area contributed by atoms with E-state index in [-0.39, 0.29) is 0 Å². The zero-order valence-electron chi connectivity index (χ0n) is 6.75. The largest absolute Gasteiger partial charge is 0.356 e. The molecular weight excluding hydrogens is 302 g/mol. The van der Waals surface area contributed by atoms with Gasteiger partial charge in [-0.1, -0.05) is 0 Å². The van der Waals surface area contributed by atoms with Crippen LogP contribution >= 0.6 is 31.9 Å². The lowest BCUT2D eigenvalue weighted by molar-refractivity contribution is 0.210. The number of nitrogens with one attached hydrogen (secondary N) is 1. The number of hydrogen-bond acceptors (Lipinski definition) is 4. The molecule has 0 spiro atoms. The number of aromatic nitrogens is 1. The zero-order valence-corrected chi connectivity index (χ0v) is 9.92. The molecule has 0 saturated heterocycles. The van der Waals surface area contributed by atoms with E-state index in [0.717, 1.165) is 14.8 Å². The SMILES string of the molecule is CN1c2cc(Br)c(Br)nc2NC1O. The number of halogens is 2. The standard InChI is InChI=1S/C7H7Br2N3O/c1-12-4-2-3(8)5(9)10-6(4)11-7(12)13/h2,7,13H,1H3,(H,10,11). The van der Waals surface area contributed by atoms with Crippen molar-refractivity contribution in [2.24, 2.45) is 0 Å². The van der Waals surface area contributed by atoms with Gasteiger partial charge in [-0.3, -0.25) is 0 Å². The zero-order chi connectivity index (χ0) is 9.59. The van der Waals surface area contributed by atoms with Crippen LogP contribution in [0.5, 0.6) is 0 Å². The first kappa shape index (κ1) is 9.23. The Bertz CT molecular complexity index is 358. The second-order valence-corrected chi connectivity index (χ2v) is 4.36. The third kappa shape index (κ3) is 1.43. The summed E-state index contributed by atoms with van der Waals surface area (Å²) in [5.41, 5.74) is 0.877. The van der Waals surface area contributed by atoms with Crippen molar-refractivity contribution >= 4 is 43.4 Å². The van der Waals surface area contributed by atoms with Gasteiger partial charge in [0, 0.05) is 7.05 Å². The Kier molecular flexibility index (Phi) is 2.21. The molecule has 1 atom stereocenters. The minimum atomic E-state index is -0.691. The van der Waals surface area contributed by atoms with E-state index in [9.17, 15) is 5.11 Å². The molecule has 1 aromatic rings. The number of nitrogens with zero attached hydrogens (tertiary/aromatic N) is 2. The van der Waals surface area contributed by atoms with Gasteiger partial charge in [-0.05, 0) is 37.9 Å². The number of aliphatic hydroxyl groups is 1. The normalized spacial score (nSPS) is 20.0. The van der Waals surface area contributed by atoms with Gasteiger partial charge < -0.3 is 15.3 Å². The van der Waals surface area contributed by atoms with E-state index in [4.69, 9.17) is 0 Å². The van der Waals surface area contributed by atoms with Gasteiger partial charge in [0.15, 0.2) is 5.82 Å². The Morgan fingerprint density at radius 1 is 1.62 bits per heavy atom. The number of rotatable bonds is 0. The van der Waals surface area contributed by atoms with Gasteiger partial charge in [0.2, 0.25) is 6.35 Å². The van der Waals surface area contributed by atoms with Crippen molar-refractivity contribution in [3.05, 3.63) is 15.1 Å². The first-order chi connectivity index (χ1) is 6.09. The Labute approximate surface area is 92.2 Å². The molecule has 0 saturated carbocycles. The summed E-state index contributed by atoms with van der Waals surface area (Å²) >= 11 is 6.64. The lowest BCUT2D eigenvalue weighted by Gasteiger charge is -2.15. The van der Waals surface area contributed by atoms with Crippen LogP contribution in [0.25, 0.3) is 0 Å². The Hall–Kier alpha value is -0.330. The molecule has 1 aliphatic rings. The fourth-order valence-corrected chi connectivity index (χ4v) is 1.78. The highest BCUT2D eigenvalue weighted by Crippen LogP contribution is 2.36. The van der Waals surface area contributed by atoms with Gasteiger partial charge >= 0.3 is 0 Å². The van der Waals surface area contributed by atoms with Gasteiger partial charge in [0.1, 0.15) is 4.60 Å². The van der Waals surface area contributed by atoms with Gasteiger partial charge in [-0.15, -0.1) is 0 Å². The van der Waals surface area contributed by atoms with Crippen LogP contribution in [0, 0.1) is 0 Å². The molecule has 1 unspecified atom stereocenters. The highest BCUT2D eigenvalue weighted by molar-refractivity contribution is 9.13. The lowest BCUT2D eigenvalue weighted by atomic mass is 10.4. The number of aliphatic hydroxyl groups excluding tert-OH is 1. The van der Waals surface area contributed by atoms with Crippen molar-refractivity contribution in [3.8, 4) is 0 Å². The maximum Gasteiger partial charge on any atom is 0.206 e. The van der Waals surface area contributed by atoms with Crippen LogP contribution in [-0.2, 0) is 0 Å². The third-order valence-corrected chi connectivity index (χ3v) is 3.67. The van der Waals surface area contributed by atoms with E-state index in [2.05, 4.69) is 42.2 Å². The number of anilines is 2. The van der Waals surface area contributed by atoms with Gasteiger partial charge in [0.05, 0.1) is 10.2 Å². The molecule has 0 aliphatic carbocycles. The van der Waals surface area contributed by atoms with Crippen LogP contribution < -0.4 is 10.2 Å². The maximum atomic E-state index is 9.45. The highest BCUT2D eigenvalue weighted by Gasteiger charge is 2.25. The van der Waals surface area contributed by atoms with Crippen LogP contribution in [0.15, 0.2) is 15.1 Å². The summed E-state index contributed by atoms with van der Waals surface area (Å²) in [6.07, 6.45) is -0.691. The van der Waals surface area contributed by atoms with Crippen molar-refractivity contribution < 1.29 is 5.11 Å². The molecule has 1 aliphatic heterocycles. The summed E-state index contributed by atoms with van der Waals surface area (Å²) in [6.45, 7) is 0. The predicted octanol–water partition coefficient (Wildman–Crippen LogP) is 1.74. The highest BCUT2D eigenvalue weighted by atomic mass is 79.9. The Balaban J connectivity index is 2.53. The molecule has 0 radical (unpaired) electrons. The predicted molar refractivity (Wildman–Crippen MR) is 57.7 cm³/mol. The van der Waals surface area contributed by atoms with E-state index in [1.165, 1.54) is 0 Å². The second kappa shape index (κ2) is 3.11. The first-order valence-electron chi connectivity index (χ1n) is 3.63. The summed E-state index contributed by atoms with van der Waals surface area (Å²) in [4.78, 5) is 5.92. The van der Waals surface area contributed by atoms with Crippen LogP contribution in [0.4, 0.5) is 11.5 Å². The van der Waals surface area contributed by atoms with Crippen molar-refractivity contribution in [1.82, 2.24) is 4.98 Å². The maximum absolute atomic E-state index is 9.45. The fraction of sp³-hybridized carbons (Fsp3) is 0.286. The quantitative estimate of drug-likeness (QED) is 0.717.